The Bertz CT molecular complexity index is 528. The first-order valence-corrected chi connectivity index (χ1v) is 6.92. The molecular formula is C11H14ClN5S. The molecule has 0 aliphatic rings. The maximum atomic E-state index is 5.84. The Labute approximate surface area is 115 Å². The first-order valence-electron chi connectivity index (χ1n) is 5.60. The molecule has 18 heavy (non-hydrogen) atoms. The standard InChI is InChI=1S/C11H14ClN5S/c1-3-13-10-15-9(12)16-11(17-10)14-4-8-6-18-5-7(8)2/h5-6H,3-4H2,1-2H3,(H2,13,14,15,16,17). The van der Waals surface area contributed by atoms with Crippen LogP contribution in [0.2, 0.25) is 5.28 Å². The van der Waals surface area contributed by atoms with Gasteiger partial charge in [0.2, 0.25) is 17.2 Å². The van der Waals surface area contributed by atoms with Crippen molar-refractivity contribution in [1.82, 2.24) is 15.0 Å². The number of nitrogens with zero attached hydrogens (tertiary/aromatic N) is 3. The highest BCUT2D eigenvalue weighted by Gasteiger charge is 2.05. The largest absolute Gasteiger partial charge is 0.354 e. The first-order chi connectivity index (χ1) is 8.69. The van der Waals surface area contributed by atoms with Gasteiger partial charge in [0.05, 0.1) is 0 Å². The zero-order valence-corrected chi connectivity index (χ0v) is 11.8. The van der Waals surface area contributed by atoms with Crippen molar-refractivity contribution >= 4 is 34.8 Å². The highest BCUT2D eigenvalue weighted by Crippen LogP contribution is 2.15. The summed E-state index contributed by atoms with van der Waals surface area (Å²) in [6.07, 6.45) is 0. The number of hydrogen-bond donors (Lipinski definition) is 2. The molecule has 0 spiro atoms. The first kappa shape index (κ1) is 13.0. The molecule has 0 aliphatic carbocycles. The normalized spacial score (nSPS) is 10.4. The molecular weight excluding hydrogens is 270 g/mol. The summed E-state index contributed by atoms with van der Waals surface area (Å²) in [5.74, 6) is 0.971. The molecule has 2 heterocycles. The van der Waals surface area contributed by atoms with Gasteiger partial charge in [-0.2, -0.15) is 26.3 Å². The van der Waals surface area contributed by atoms with E-state index in [1.807, 2.05) is 6.92 Å². The highest BCUT2D eigenvalue weighted by atomic mass is 35.5. The molecule has 0 bridgehead atoms. The van der Waals surface area contributed by atoms with Gasteiger partial charge in [0.25, 0.3) is 0 Å². The quantitative estimate of drug-likeness (QED) is 0.883. The fourth-order valence-corrected chi connectivity index (χ4v) is 2.43. The zero-order valence-electron chi connectivity index (χ0n) is 10.2. The van der Waals surface area contributed by atoms with Gasteiger partial charge < -0.3 is 10.6 Å². The van der Waals surface area contributed by atoms with Crippen LogP contribution in [-0.2, 0) is 6.54 Å². The molecule has 5 nitrogen and oxygen atoms in total. The smallest absolute Gasteiger partial charge is 0.229 e. The van der Waals surface area contributed by atoms with Gasteiger partial charge in [0, 0.05) is 13.1 Å². The molecule has 0 aliphatic heterocycles. The fraction of sp³-hybridized carbons (Fsp3) is 0.364. The lowest BCUT2D eigenvalue weighted by Crippen LogP contribution is -2.09. The molecule has 0 fully saturated rings. The molecule has 0 unspecified atom stereocenters. The molecule has 2 N–H and O–H groups in total. The van der Waals surface area contributed by atoms with Crippen LogP contribution in [0.4, 0.5) is 11.9 Å². The second-order valence-corrected chi connectivity index (χ2v) is 4.80. The summed E-state index contributed by atoms with van der Waals surface area (Å²) >= 11 is 7.52. The van der Waals surface area contributed by atoms with Gasteiger partial charge in [-0.05, 0) is 47.3 Å². The van der Waals surface area contributed by atoms with E-state index in [9.17, 15) is 0 Å². The Balaban J connectivity index is 2.07. The summed E-state index contributed by atoms with van der Waals surface area (Å²) in [6.45, 7) is 5.47. The van der Waals surface area contributed by atoms with Crippen molar-refractivity contribution < 1.29 is 0 Å². The predicted molar refractivity (Wildman–Crippen MR) is 75.4 cm³/mol. The van der Waals surface area contributed by atoms with Gasteiger partial charge in [0.1, 0.15) is 0 Å². The van der Waals surface area contributed by atoms with Crippen molar-refractivity contribution in [2.75, 3.05) is 17.2 Å². The van der Waals surface area contributed by atoms with Crippen LogP contribution in [0.1, 0.15) is 18.1 Å². The summed E-state index contributed by atoms with van der Waals surface area (Å²) < 4.78 is 0. The third-order valence-electron chi connectivity index (χ3n) is 2.34. The number of hydrogen-bond acceptors (Lipinski definition) is 6. The second-order valence-electron chi connectivity index (χ2n) is 3.72. The molecule has 7 heteroatoms. The Morgan fingerprint density at radius 3 is 2.50 bits per heavy atom. The summed E-state index contributed by atoms with van der Waals surface area (Å²) in [5.41, 5.74) is 2.50. The van der Waals surface area contributed by atoms with Crippen LogP contribution in [0.5, 0.6) is 0 Å². The van der Waals surface area contributed by atoms with Crippen LogP contribution < -0.4 is 10.6 Å². The lowest BCUT2D eigenvalue weighted by atomic mass is 10.2. The maximum Gasteiger partial charge on any atom is 0.229 e. The predicted octanol–water partition coefficient (Wildman–Crippen LogP) is 2.94. The maximum absolute atomic E-state index is 5.84. The van der Waals surface area contributed by atoms with E-state index in [-0.39, 0.29) is 5.28 Å². The van der Waals surface area contributed by atoms with Gasteiger partial charge in [-0.1, -0.05) is 0 Å². The van der Waals surface area contributed by atoms with Crippen molar-refractivity contribution in [1.29, 1.82) is 0 Å². The summed E-state index contributed by atoms with van der Waals surface area (Å²) in [7, 11) is 0. The Kier molecular flexibility index (Phi) is 4.33. The van der Waals surface area contributed by atoms with E-state index in [0.717, 1.165) is 6.54 Å². The van der Waals surface area contributed by atoms with E-state index in [1.54, 1.807) is 11.3 Å². The average Bonchev–Trinajstić information content (AvgIpc) is 2.72. The van der Waals surface area contributed by atoms with Gasteiger partial charge >= 0.3 is 0 Å². The molecule has 0 radical (unpaired) electrons. The van der Waals surface area contributed by atoms with Crippen molar-refractivity contribution in [3.05, 3.63) is 27.2 Å². The van der Waals surface area contributed by atoms with Crippen LogP contribution in [0.25, 0.3) is 0 Å². The SMILES string of the molecule is CCNc1nc(Cl)nc(NCc2cscc2C)n1. The number of nitrogens with one attached hydrogen (secondary N) is 2. The van der Waals surface area contributed by atoms with Gasteiger partial charge in [-0.25, -0.2) is 0 Å². The molecule has 0 saturated heterocycles. The van der Waals surface area contributed by atoms with Gasteiger partial charge in [-0.3, -0.25) is 0 Å². The molecule has 96 valence electrons. The van der Waals surface area contributed by atoms with Crippen molar-refractivity contribution in [3.63, 3.8) is 0 Å². The van der Waals surface area contributed by atoms with Crippen LogP contribution in [0.15, 0.2) is 10.8 Å². The van der Waals surface area contributed by atoms with E-state index in [0.29, 0.717) is 18.4 Å². The number of aromatic nitrogens is 3. The fourth-order valence-electron chi connectivity index (χ4n) is 1.41. The van der Waals surface area contributed by atoms with Crippen LogP contribution in [-0.4, -0.2) is 21.5 Å². The number of anilines is 2. The van der Waals surface area contributed by atoms with Gasteiger partial charge in [0.15, 0.2) is 0 Å². The van der Waals surface area contributed by atoms with Crippen LogP contribution in [0, 0.1) is 6.92 Å². The number of aryl methyl sites for hydroxylation is 1. The van der Waals surface area contributed by atoms with Crippen molar-refractivity contribution in [3.8, 4) is 0 Å². The van der Waals surface area contributed by atoms with E-state index >= 15 is 0 Å². The zero-order chi connectivity index (χ0) is 13.0. The number of halogens is 1. The van der Waals surface area contributed by atoms with Crippen LogP contribution >= 0.6 is 22.9 Å². The summed E-state index contributed by atoms with van der Waals surface area (Å²) in [5, 5.41) is 10.6. The molecule has 0 amide bonds. The Morgan fingerprint density at radius 1 is 1.17 bits per heavy atom. The third-order valence-corrected chi connectivity index (χ3v) is 3.42. The Morgan fingerprint density at radius 2 is 1.89 bits per heavy atom. The lowest BCUT2D eigenvalue weighted by Gasteiger charge is -2.07. The van der Waals surface area contributed by atoms with Gasteiger partial charge in [-0.15, -0.1) is 0 Å². The van der Waals surface area contributed by atoms with E-state index in [2.05, 4.69) is 43.3 Å². The summed E-state index contributed by atoms with van der Waals surface area (Å²) in [6, 6.07) is 0. The molecule has 0 atom stereocenters. The molecule has 0 saturated carbocycles. The van der Waals surface area contributed by atoms with Crippen molar-refractivity contribution in [2.24, 2.45) is 0 Å². The molecule has 2 rings (SSSR count). The third kappa shape index (κ3) is 3.30. The van der Waals surface area contributed by atoms with E-state index in [1.165, 1.54) is 11.1 Å². The lowest BCUT2D eigenvalue weighted by molar-refractivity contribution is 0.986. The topological polar surface area (TPSA) is 62.7 Å². The minimum atomic E-state index is 0.186. The van der Waals surface area contributed by atoms with Crippen molar-refractivity contribution in [2.45, 2.75) is 20.4 Å². The second kappa shape index (κ2) is 5.97. The minimum absolute atomic E-state index is 0.186. The minimum Gasteiger partial charge on any atom is -0.354 e. The monoisotopic (exact) mass is 283 g/mol. The van der Waals surface area contributed by atoms with E-state index < -0.39 is 0 Å². The number of rotatable bonds is 5. The van der Waals surface area contributed by atoms with Crippen LogP contribution in [0.3, 0.4) is 0 Å². The molecule has 2 aromatic rings. The highest BCUT2D eigenvalue weighted by molar-refractivity contribution is 7.08. The molecule has 0 aromatic carbocycles. The summed E-state index contributed by atoms with van der Waals surface area (Å²) in [4.78, 5) is 12.2. The average molecular weight is 284 g/mol. The molecule has 2 aromatic heterocycles. The number of thiophene rings is 1. The Hall–Kier alpha value is -1.40. The van der Waals surface area contributed by atoms with E-state index in [4.69, 9.17) is 11.6 Å².